The third-order valence-corrected chi connectivity index (χ3v) is 7.35. The fourth-order valence-corrected chi connectivity index (χ4v) is 5.64. The lowest BCUT2D eigenvalue weighted by molar-refractivity contribution is 0.203. The van der Waals surface area contributed by atoms with Gasteiger partial charge in [0.1, 0.15) is 0 Å². The molecule has 3 N–H and O–H groups in total. The van der Waals surface area contributed by atoms with Crippen LogP contribution in [0.25, 0.3) is 33.2 Å². The zero-order chi connectivity index (χ0) is 23.2. The Morgan fingerprint density at radius 1 is 1.15 bits per heavy atom. The number of aromatic amines is 3. The van der Waals surface area contributed by atoms with Gasteiger partial charge in [-0.15, -0.1) is 0 Å². The first-order valence-corrected chi connectivity index (χ1v) is 12.2. The van der Waals surface area contributed by atoms with Crippen molar-refractivity contribution in [3.63, 3.8) is 0 Å². The molecule has 6 rings (SSSR count). The molecule has 34 heavy (non-hydrogen) atoms. The predicted molar refractivity (Wildman–Crippen MR) is 136 cm³/mol. The molecule has 0 spiro atoms. The lowest BCUT2D eigenvalue weighted by Gasteiger charge is -2.31. The molecule has 5 aromatic rings. The molecule has 5 heterocycles. The number of nitrogens with one attached hydrogen (secondary N) is 3. The summed E-state index contributed by atoms with van der Waals surface area (Å²) in [4.78, 5) is 18.1. The first-order chi connectivity index (χ1) is 16.6. The van der Waals surface area contributed by atoms with Crippen molar-refractivity contribution in [1.29, 1.82) is 0 Å². The SMILES string of the molecule is Cc1[nH]nc2nccc(-c3[nH]c4ccc(C5CCN(Cc6cnc[nH]6)CC5)cc4c3C(C)C)c12. The van der Waals surface area contributed by atoms with E-state index < -0.39 is 0 Å². The Hall–Kier alpha value is -3.45. The zero-order valence-corrected chi connectivity index (χ0v) is 20.0. The normalized spacial score (nSPS) is 15.8. The van der Waals surface area contributed by atoms with E-state index in [9.17, 15) is 0 Å². The summed E-state index contributed by atoms with van der Waals surface area (Å²) < 4.78 is 0. The van der Waals surface area contributed by atoms with E-state index in [2.05, 4.69) is 80.1 Å². The van der Waals surface area contributed by atoms with E-state index in [1.807, 2.05) is 12.4 Å². The van der Waals surface area contributed by atoms with Crippen LogP contribution in [-0.2, 0) is 6.54 Å². The molecule has 0 atom stereocenters. The number of aryl methyl sites for hydroxylation is 1. The van der Waals surface area contributed by atoms with Gasteiger partial charge in [0.25, 0.3) is 0 Å². The molecule has 0 aliphatic carbocycles. The van der Waals surface area contributed by atoms with Gasteiger partial charge in [0.05, 0.1) is 17.4 Å². The van der Waals surface area contributed by atoms with E-state index in [-0.39, 0.29) is 0 Å². The first kappa shape index (κ1) is 21.1. The summed E-state index contributed by atoms with van der Waals surface area (Å²) in [5.41, 5.74) is 9.41. The topological polar surface area (TPSA) is 89.3 Å². The Kier molecular flexibility index (Phi) is 5.21. The van der Waals surface area contributed by atoms with Crippen molar-refractivity contribution in [2.45, 2.75) is 52.0 Å². The maximum absolute atomic E-state index is 4.46. The van der Waals surface area contributed by atoms with Crippen LogP contribution in [0.5, 0.6) is 0 Å². The number of rotatable bonds is 5. The van der Waals surface area contributed by atoms with E-state index in [4.69, 9.17) is 0 Å². The van der Waals surface area contributed by atoms with E-state index in [0.717, 1.165) is 36.4 Å². The number of aromatic nitrogens is 6. The number of fused-ring (bicyclic) bond motifs is 2. The lowest BCUT2D eigenvalue weighted by Crippen LogP contribution is -2.32. The summed E-state index contributed by atoms with van der Waals surface area (Å²) in [6, 6.07) is 9.16. The van der Waals surface area contributed by atoms with Gasteiger partial charge in [0.15, 0.2) is 5.65 Å². The molecule has 1 aliphatic heterocycles. The van der Waals surface area contributed by atoms with Crippen LogP contribution in [0.3, 0.4) is 0 Å². The standard InChI is InChI=1S/C27H31N7/c1-16(2)24-22-12-19(18-7-10-34(11-8-18)14-20-13-28-15-30-20)4-5-23(22)31-26(24)21-6-9-29-27-25(21)17(3)32-33-27/h4-6,9,12-13,15-16,18,31H,7-8,10-11,14H2,1-3H3,(H,28,30)(H,29,32,33). The maximum atomic E-state index is 4.46. The van der Waals surface area contributed by atoms with Gasteiger partial charge in [0.2, 0.25) is 0 Å². The summed E-state index contributed by atoms with van der Waals surface area (Å²) in [5, 5.41) is 9.92. The molecule has 1 fully saturated rings. The molecule has 0 unspecified atom stereocenters. The molecule has 0 bridgehead atoms. The molecule has 1 aromatic carbocycles. The molecule has 0 saturated carbocycles. The summed E-state index contributed by atoms with van der Waals surface area (Å²) in [7, 11) is 0. The third-order valence-electron chi connectivity index (χ3n) is 7.35. The highest BCUT2D eigenvalue weighted by atomic mass is 15.1. The van der Waals surface area contributed by atoms with Gasteiger partial charge < -0.3 is 9.97 Å². The second-order valence-corrected chi connectivity index (χ2v) is 9.91. The predicted octanol–water partition coefficient (Wildman–Crippen LogP) is 5.64. The molecule has 0 radical (unpaired) electrons. The number of pyridine rings is 1. The highest BCUT2D eigenvalue weighted by molar-refractivity contribution is 5.99. The summed E-state index contributed by atoms with van der Waals surface area (Å²) in [5.74, 6) is 0.996. The molecule has 7 heteroatoms. The van der Waals surface area contributed by atoms with Gasteiger partial charge in [0, 0.05) is 46.8 Å². The fourth-order valence-electron chi connectivity index (χ4n) is 5.64. The number of hydrogen-bond acceptors (Lipinski definition) is 4. The van der Waals surface area contributed by atoms with E-state index in [1.54, 1.807) is 6.33 Å². The average molecular weight is 454 g/mol. The second kappa shape index (κ2) is 8.40. The number of nitrogens with zero attached hydrogens (tertiary/aromatic N) is 4. The zero-order valence-electron chi connectivity index (χ0n) is 20.0. The minimum atomic E-state index is 0.394. The van der Waals surface area contributed by atoms with Gasteiger partial charge in [-0.2, -0.15) is 5.10 Å². The Balaban J connectivity index is 1.34. The molecular formula is C27H31N7. The lowest BCUT2D eigenvalue weighted by atomic mass is 9.87. The number of imidazole rings is 1. The monoisotopic (exact) mass is 453 g/mol. The van der Waals surface area contributed by atoms with Crippen molar-refractivity contribution >= 4 is 21.9 Å². The molecule has 174 valence electrons. The van der Waals surface area contributed by atoms with Crippen LogP contribution in [-0.4, -0.2) is 48.1 Å². The quantitative estimate of drug-likeness (QED) is 0.321. The first-order valence-electron chi connectivity index (χ1n) is 12.2. The van der Waals surface area contributed by atoms with Crippen LogP contribution >= 0.6 is 0 Å². The summed E-state index contributed by atoms with van der Waals surface area (Å²) in [6.45, 7) is 9.83. The number of hydrogen-bond donors (Lipinski definition) is 3. The van der Waals surface area contributed by atoms with Gasteiger partial charge in [-0.1, -0.05) is 19.9 Å². The molecule has 4 aromatic heterocycles. The van der Waals surface area contributed by atoms with Crippen molar-refractivity contribution in [2.75, 3.05) is 13.1 Å². The van der Waals surface area contributed by atoms with Crippen molar-refractivity contribution in [3.8, 4) is 11.3 Å². The Morgan fingerprint density at radius 2 is 2.00 bits per heavy atom. The Labute approximate surface area is 199 Å². The average Bonchev–Trinajstić information content (AvgIpc) is 3.58. The number of benzene rings is 1. The van der Waals surface area contributed by atoms with Crippen LogP contribution in [0, 0.1) is 6.92 Å². The van der Waals surface area contributed by atoms with Crippen LogP contribution in [0.4, 0.5) is 0 Å². The Morgan fingerprint density at radius 3 is 2.76 bits per heavy atom. The number of likely N-dealkylation sites (tertiary alicyclic amines) is 1. The van der Waals surface area contributed by atoms with Crippen LogP contribution < -0.4 is 0 Å². The van der Waals surface area contributed by atoms with Crippen LogP contribution in [0.15, 0.2) is 43.0 Å². The van der Waals surface area contributed by atoms with Crippen LogP contribution in [0.2, 0.25) is 0 Å². The minimum absolute atomic E-state index is 0.394. The molecule has 1 saturated heterocycles. The van der Waals surface area contributed by atoms with Crippen LogP contribution in [0.1, 0.15) is 61.0 Å². The van der Waals surface area contributed by atoms with Crippen molar-refractivity contribution in [2.24, 2.45) is 0 Å². The van der Waals surface area contributed by atoms with Crippen molar-refractivity contribution in [1.82, 2.24) is 35.0 Å². The molecule has 7 nitrogen and oxygen atoms in total. The number of H-pyrrole nitrogens is 3. The van der Waals surface area contributed by atoms with E-state index in [0.29, 0.717) is 11.8 Å². The smallest absolute Gasteiger partial charge is 0.181 e. The van der Waals surface area contributed by atoms with Gasteiger partial charge >= 0.3 is 0 Å². The second-order valence-electron chi connectivity index (χ2n) is 9.91. The van der Waals surface area contributed by atoms with Crippen molar-refractivity contribution < 1.29 is 0 Å². The molecule has 1 aliphatic rings. The highest BCUT2D eigenvalue weighted by Crippen LogP contribution is 2.40. The summed E-state index contributed by atoms with van der Waals surface area (Å²) in [6.07, 6.45) is 7.93. The van der Waals surface area contributed by atoms with Gasteiger partial charge in [-0.05, 0) is 74.0 Å². The third kappa shape index (κ3) is 3.60. The maximum Gasteiger partial charge on any atom is 0.181 e. The minimum Gasteiger partial charge on any atom is -0.354 e. The molecular weight excluding hydrogens is 422 g/mol. The molecule has 0 amide bonds. The fraction of sp³-hybridized carbons (Fsp3) is 0.370. The number of piperidine rings is 1. The van der Waals surface area contributed by atoms with E-state index >= 15 is 0 Å². The summed E-state index contributed by atoms with van der Waals surface area (Å²) >= 11 is 0. The van der Waals surface area contributed by atoms with E-state index in [1.165, 1.54) is 51.8 Å². The van der Waals surface area contributed by atoms with Gasteiger partial charge in [-0.25, -0.2) is 9.97 Å². The Bertz CT molecular complexity index is 1430. The highest BCUT2D eigenvalue weighted by Gasteiger charge is 2.24. The van der Waals surface area contributed by atoms with Gasteiger partial charge in [-0.3, -0.25) is 10.00 Å². The largest absolute Gasteiger partial charge is 0.354 e. The van der Waals surface area contributed by atoms with Crippen molar-refractivity contribution in [3.05, 3.63) is 65.5 Å².